The number of nitrogens with two attached hydrogens (primary N) is 1. The van der Waals surface area contributed by atoms with Crippen LogP contribution in [0.3, 0.4) is 0 Å². The molecule has 1 aromatic carbocycles. The van der Waals surface area contributed by atoms with E-state index >= 15 is 0 Å². The summed E-state index contributed by atoms with van der Waals surface area (Å²) in [5.41, 5.74) is 5.37. The van der Waals surface area contributed by atoms with Crippen LogP contribution in [-0.4, -0.2) is 76.7 Å². The van der Waals surface area contributed by atoms with Gasteiger partial charge >= 0.3 is 0 Å². The number of likely N-dealkylation sites (tertiary alicyclic amines) is 1. The van der Waals surface area contributed by atoms with E-state index in [2.05, 4.69) is 15.4 Å². The van der Waals surface area contributed by atoms with E-state index in [4.69, 9.17) is 10.5 Å². The summed E-state index contributed by atoms with van der Waals surface area (Å²) in [6.07, 6.45) is 3.14. The van der Waals surface area contributed by atoms with E-state index in [1.165, 1.54) is 25.1 Å². The maximum Gasteiger partial charge on any atom is 0.256 e. The van der Waals surface area contributed by atoms with Crippen molar-refractivity contribution in [3.8, 4) is 5.75 Å². The van der Waals surface area contributed by atoms with Crippen molar-refractivity contribution in [3.05, 3.63) is 60.2 Å². The fourth-order valence-corrected chi connectivity index (χ4v) is 4.61. The van der Waals surface area contributed by atoms with Crippen LogP contribution in [0.25, 0.3) is 0 Å². The Morgan fingerprint density at radius 1 is 1.27 bits per heavy atom. The number of benzene rings is 1. The number of rotatable bonds is 8. The number of carbonyl (C=O) groups is 3. The number of carbonyl (C=O) groups excluding carboxylic acids is 3. The average molecular weight is 511 g/mol. The summed E-state index contributed by atoms with van der Waals surface area (Å²) in [6, 6.07) is 9.58. The molecule has 0 unspecified atom stereocenters. The van der Waals surface area contributed by atoms with Crippen molar-refractivity contribution in [2.45, 2.75) is 38.3 Å². The van der Waals surface area contributed by atoms with Crippen LogP contribution in [0.2, 0.25) is 0 Å². The molecule has 0 bridgehead atoms. The van der Waals surface area contributed by atoms with Crippen LogP contribution in [0.15, 0.2) is 53.9 Å². The van der Waals surface area contributed by atoms with Gasteiger partial charge < -0.3 is 20.7 Å². The molecule has 0 radical (unpaired) electrons. The summed E-state index contributed by atoms with van der Waals surface area (Å²) in [4.78, 5) is 45.1. The number of hydrogen-bond acceptors (Lipinski definition) is 7. The Hall–Kier alpha value is -3.86. The van der Waals surface area contributed by atoms with Crippen LogP contribution in [-0.2, 0) is 20.8 Å². The third-order valence-corrected chi connectivity index (χ3v) is 6.55. The number of piperidine rings is 1. The van der Waals surface area contributed by atoms with E-state index in [-0.39, 0.29) is 24.8 Å². The number of hydrazone groups is 1. The van der Waals surface area contributed by atoms with Crippen LogP contribution >= 0.6 is 0 Å². The molecule has 1 aromatic heterocycles. The minimum Gasteiger partial charge on any atom is -0.489 e. The monoisotopic (exact) mass is 510 g/mol. The molecule has 0 aliphatic carbocycles. The average Bonchev–Trinajstić information content (AvgIpc) is 3.10. The Morgan fingerprint density at radius 2 is 2.00 bits per heavy atom. The molecule has 10 nitrogen and oxygen atoms in total. The predicted octanol–water partition coefficient (Wildman–Crippen LogP) is 1.11. The van der Waals surface area contributed by atoms with Crippen LogP contribution in [0, 0.1) is 11.2 Å². The predicted molar refractivity (Wildman–Crippen MR) is 134 cm³/mol. The molecule has 196 valence electrons. The van der Waals surface area contributed by atoms with E-state index < -0.39 is 34.6 Å². The van der Waals surface area contributed by atoms with Gasteiger partial charge in [-0.15, -0.1) is 0 Å². The first kappa shape index (κ1) is 26.2. The minimum atomic E-state index is -1.25. The molecule has 0 saturated carbocycles. The molecule has 0 spiro atoms. The number of hydrogen-bond donors (Lipinski definition) is 2. The second-order valence-electron chi connectivity index (χ2n) is 10.0. The van der Waals surface area contributed by atoms with Crippen molar-refractivity contribution in [2.24, 2.45) is 16.3 Å². The number of halogens is 1. The number of nitrogens with one attached hydrogen (secondary N) is 1. The second-order valence-corrected chi connectivity index (χ2v) is 10.0. The highest BCUT2D eigenvalue weighted by atomic mass is 19.1. The Balaban J connectivity index is 1.58. The van der Waals surface area contributed by atoms with Gasteiger partial charge in [-0.2, -0.15) is 5.10 Å². The maximum atomic E-state index is 13.8. The molecule has 1 fully saturated rings. The molecule has 2 atom stereocenters. The molecule has 4 rings (SSSR count). The third-order valence-electron chi connectivity index (χ3n) is 6.55. The van der Waals surface area contributed by atoms with Crippen molar-refractivity contribution in [1.29, 1.82) is 0 Å². The van der Waals surface area contributed by atoms with Crippen molar-refractivity contribution < 1.29 is 23.5 Å². The Bertz CT molecular complexity index is 1220. The van der Waals surface area contributed by atoms with Gasteiger partial charge in [0, 0.05) is 32.6 Å². The van der Waals surface area contributed by atoms with E-state index in [1.54, 1.807) is 11.9 Å². The second kappa shape index (κ2) is 10.3. The zero-order chi connectivity index (χ0) is 26.8. The Kier molecular flexibility index (Phi) is 7.26. The first-order chi connectivity index (χ1) is 17.5. The quantitative estimate of drug-likeness (QED) is 0.547. The number of ether oxygens (including phenoxy) is 1. The van der Waals surface area contributed by atoms with Gasteiger partial charge in [-0.3, -0.25) is 19.4 Å². The van der Waals surface area contributed by atoms with E-state index in [1.807, 2.05) is 30.3 Å². The van der Waals surface area contributed by atoms with Crippen LogP contribution < -0.4 is 15.8 Å². The van der Waals surface area contributed by atoms with Crippen molar-refractivity contribution in [3.63, 3.8) is 0 Å². The van der Waals surface area contributed by atoms with Crippen LogP contribution in [0.5, 0.6) is 5.75 Å². The van der Waals surface area contributed by atoms with Crippen LogP contribution in [0.1, 0.15) is 25.8 Å². The lowest BCUT2D eigenvalue weighted by molar-refractivity contribution is -0.143. The fraction of sp³-hybridized carbons (Fsp3) is 0.423. The SMILES string of the molecule is CN1N=C2CCN(C(=O)[C@@H](COc3cncc(F)c3)NC(=O)C(C)(C)N)C[C@@]2(Cc2ccccc2)C1=O. The molecule has 1 saturated heterocycles. The molecule has 2 aliphatic heterocycles. The van der Waals surface area contributed by atoms with Crippen molar-refractivity contribution in [1.82, 2.24) is 20.2 Å². The zero-order valence-electron chi connectivity index (χ0n) is 21.1. The summed E-state index contributed by atoms with van der Waals surface area (Å²) in [5.74, 6) is -1.66. The van der Waals surface area contributed by atoms with Crippen LogP contribution in [0.4, 0.5) is 4.39 Å². The lowest BCUT2D eigenvalue weighted by Gasteiger charge is -2.40. The molecule has 2 aliphatic rings. The highest BCUT2D eigenvalue weighted by Gasteiger charge is 2.54. The van der Waals surface area contributed by atoms with Gasteiger partial charge in [-0.25, -0.2) is 9.40 Å². The summed E-state index contributed by atoms with van der Waals surface area (Å²) < 4.78 is 19.2. The minimum absolute atomic E-state index is 0.0998. The van der Waals surface area contributed by atoms with E-state index in [0.29, 0.717) is 19.4 Å². The van der Waals surface area contributed by atoms with E-state index in [9.17, 15) is 18.8 Å². The van der Waals surface area contributed by atoms with E-state index in [0.717, 1.165) is 23.5 Å². The Labute approximate surface area is 214 Å². The van der Waals surface area contributed by atoms with Crippen molar-refractivity contribution in [2.75, 3.05) is 26.7 Å². The first-order valence-electron chi connectivity index (χ1n) is 12.0. The van der Waals surface area contributed by atoms with Gasteiger partial charge in [0.15, 0.2) is 0 Å². The molecule has 37 heavy (non-hydrogen) atoms. The topological polar surface area (TPSA) is 130 Å². The number of aromatic nitrogens is 1. The normalized spacial score (nSPS) is 20.2. The highest BCUT2D eigenvalue weighted by molar-refractivity contribution is 6.13. The number of nitrogens with zero attached hydrogens (tertiary/aromatic N) is 4. The first-order valence-corrected chi connectivity index (χ1v) is 12.0. The summed E-state index contributed by atoms with van der Waals surface area (Å²) in [5, 5.41) is 8.47. The number of amides is 3. The Morgan fingerprint density at radius 3 is 2.68 bits per heavy atom. The molecule has 2 aromatic rings. The number of fused-ring (bicyclic) bond motifs is 1. The fourth-order valence-electron chi connectivity index (χ4n) is 4.61. The largest absolute Gasteiger partial charge is 0.489 e. The summed E-state index contributed by atoms with van der Waals surface area (Å²) >= 11 is 0. The molecular formula is C26H31FN6O4. The summed E-state index contributed by atoms with van der Waals surface area (Å²) in [7, 11) is 1.61. The maximum absolute atomic E-state index is 13.8. The van der Waals surface area contributed by atoms with Gasteiger partial charge in [0.1, 0.15) is 29.6 Å². The van der Waals surface area contributed by atoms with Crippen molar-refractivity contribution >= 4 is 23.4 Å². The standard InChI is InChI=1S/C26H31FN6O4/c1-25(2,28)23(35)30-20(15-37-19-11-18(27)13-29-14-19)22(34)33-10-9-21-26(16-33,24(36)32(3)31-21)12-17-7-5-4-6-8-17/h4-8,11,13-14,20H,9-10,12,15-16,28H2,1-3H3,(H,30,35)/t20-,26-/m1/s1. The molecule has 3 N–H and O–H groups in total. The highest BCUT2D eigenvalue weighted by Crippen LogP contribution is 2.38. The molecular weight excluding hydrogens is 479 g/mol. The number of pyridine rings is 1. The lowest BCUT2D eigenvalue weighted by Crippen LogP contribution is -2.62. The molecule has 3 heterocycles. The zero-order valence-corrected chi connectivity index (χ0v) is 21.1. The van der Waals surface area contributed by atoms with Gasteiger partial charge in [0.25, 0.3) is 5.91 Å². The van der Waals surface area contributed by atoms with Gasteiger partial charge in [0.2, 0.25) is 11.8 Å². The molecule has 3 amide bonds. The summed E-state index contributed by atoms with van der Waals surface area (Å²) in [6.45, 7) is 3.18. The molecule has 11 heteroatoms. The smallest absolute Gasteiger partial charge is 0.256 e. The van der Waals surface area contributed by atoms with Gasteiger partial charge in [-0.1, -0.05) is 30.3 Å². The van der Waals surface area contributed by atoms with Gasteiger partial charge in [0.05, 0.1) is 23.6 Å². The van der Waals surface area contributed by atoms with Gasteiger partial charge in [-0.05, 0) is 25.8 Å². The lowest BCUT2D eigenvalue weighted by atomic mass is 9.73. The third kappa shape index (κ3) is 5.61.